The van der Waals surface area contributed by atoms with Gasteiger partial charge in [-0.25, -0.2) is 8.42 Å². The summed E-state index contributed by atoms with van der Waals surface area (Å²) in [6.45, 7) is 1.37. The van der Waals surface area contributed by atoms with E-state index in [0.717, 1.165) is 12.8 Å². The molecule has 0 atom stereocenters. The molecule has 2 fully saturated rings. The van der Waals surface area contributed by atoms with Crippen LogP contribution in [0.4, 0.5) is 0 Å². The van der Waals surface area contributed by atoms with Gasteiger partial charge in [0.1, 0.15) is 0 Å². The van der Waals surface area contributed by atoms with Crippen molar-refractivity contribution in [2.75, 3.05) is 19.6 Å². The molecule has 1 saturated carbocycles. The summed E-state index contributed by atoms with van der Waals surface area (Å²) >= 11 is 5.98. The van der Waals surface area contributed by atoms with Gasteiger partial charge in [-0.15, -0.1) is 0 Å². The van der Waals surface area contributed by atoms with Crippen LogP contribution < -0.4 is 5.32 Å². The third-order valence-electron chi connectivity index (χ3n) is 6.12. The van der Waals surface area contributed by atoms with Gasteiger partial charge in [0.15, 0.2) is 0 Å². The van der Waals surface area contributed by atoms with Crippen molar-refractivity contribution in [3.05, 3.63) is 65.2 Å². The van der Waals surface area contributed by atoms with E-state index < -0.39 is 10.0 Å². The Kier molecular flexibility index (Phi) is 5.69. The van der Waals surface area contributed by atoms with E-state index in [0.29, 0.717) is 42.4 Å². The summed E-state index contributed by atoms with van der Waals surface area (Å²) < 4.78 is 26.9. The minimum Gasteiger partial charge on any atom is -0.355 e. The predicted octanol–water partition coefficient (Wildman–Crippen LogP) is 3.59. The van der Waals surface area contributed by atoms with E-state index in [9.17, 15) is 13.2 Å². The Bertz CT molecular complexity index is 965. The van der Waals surface area contributed by atoms with E-state index in [4.69, 9.17) is 11.6 Å². The number of benzene rings is 2. The molecule has 1 saturated heterocycles. The smallest absolute Gasteiger partial charge is 0.243 e. The fourth-order valence-corrected chi connectivity index (χ4v) is 5.64. The molecule has 7 heteroatoms. The van der Waals surface area contributed by atoms with Crippen molar-refractivity contribution >= 4 is 27.5 Å². The Labute approximate surface area is 177 Å². The van der Waals surface area contributed by atoms with Crippen molar-refractivity contribution in [1.29, 1.82) is 0 Å². The average Bonchev–Trinajstić information content (AvgIpc) is 3.54. The maximum atomic E-state index is 12.7. The molecule has 0 bridgehead atoms. The Hall–Kier alpha value is -1.89. The van der Waals surface area contributed by atoms with Crippen LogP contribution in [0.1, 0.15) is 31.2 Å². The van der Waals surface area contributed by atoms with Gasteiger partial charge in [0.25, 0.3) is 0 Å². The number of hydrogen-bond acceptors (Lipinski definition) is 3. The number of piperidine rings is 1. The summed E-state index contributed by atoms with van der Waals surface area (Å²) in [5.41, 5.74) is 1.24. The average molecular weight is 433 g/mol. The largest absolute Gasteiger partial charge is 0.355 e. The molecular formula is C22H25ClN2O3S. The zero-order valence-corrected chi connectivity index (χ0v) is 17.8. The lowest BCUT2D eigenvalue weighted by molar-refractivity contribution is -0.126. The third-order valence-corrected chi connectivity index (χ3v) is 8.28. The maximum Gasteiger partial charge on any atom is 0.243 e. The number of nitrogens with one attached hydrogen (secondary N) is 1. The predicted molar refractivity (Wildman–Crippen MR) is 113 cm³/mol. The van der Waals surface area contributed by atoms with E-state index in [1.807, 2.05) is 24.3 Å². The van der Waals surface area contributed by atoms with Crippen LogP contribution in [0.25, 0.3) is 0 Å². The summed E-state index contributed by atoms with van der Waals surface area (Å²) in [5.74, 6) is -0.111. The minimum atomic E-state index is -3.49. The van der Waals surface area contributed by atoms with Crippen molar-refractivity contribution in [2.45, 2.75) is 36.0 Å². The number of rotatable bonds is 6. The number of carbonyl (C=O) groups excluding carboxylic acids is 1. The first-order valence-corrected chi connectivity index (χ1v) is 11.8. The molecule has 0 radical (unpaired) electrons. The van der Waals surface area contributed by atoms with Gasteiger partial charge in [-0.3, -0.25) is 4.79 Å². The van der Waals surface area contributed by atoms with Crippen molar-refractivity contribution < 1.29 is 13.2 Å². The fourth-order valence-electron chi connectivity index (χ4n) is 4.02. The third kappa shape index (κ3) is 4.34. The monoisotopic (exact) mass is 432 g/mol. The van der Waals surface area contributed by atoms with E-state index >= 15 is 0 Å². The van der Waals surface area contributed by atoms with Gasteiger partial charge in [0.2, 0.25) is 15.9 Å². The zero-order chi connectivity index (χ0) is 20.5. The van der Waals surface area contributed by atoms with Gasteiger partial charge in [0, 0.05) is 36.0 Å². The highest BCUT2D eigenvalue weighted by Gasteiger charge is 2.44. The van der Waals surface area contributed by atoms with Crippen molar-refractivity contribution in [1.82, 2.24) is 9.62 Å². The molecule has 1 N–H and O–H groups in total. The molecule has 4 rings (SSSR count). The second kappa shape index (κ2) is 8.09. The van der Waals surface area contributed by atoms with Crippen LogP contribution in [0.5, 0.6) is 0 Å². The lowest BCUT2D eigenvalue weighted by Crippen LogP contribution is -2.44. The van der Waals surface area contributed by atoms with Crippen LogP contribution in [0, 0.1) is 5.92 Å². The molecule has 1 amide bonds. The molecule has 0 unspecified atom stereocenters. The normalized spacial score (nSPS) is 19.6. The lowest BCUT2D eigenvalue weighted by Gasteiger charge is -2.31. The number of halogens is 1. The first kappa shape index (κ1) is 20.4. The highest BCUT2D eigenvalue weighted by Crippen LogP contribution is 2.47. The second-order valence-electron chi connectivity index (χ2n) is 8.00. The quantitative estimate of drug-likeness (QED) is 0.758. The molecule has 1 aliphatic heterocycles. The molecule has 1 heterocycles. The van der Waals surface area contributed by atoms with Crippen molar-refractivity contribution in [3.63, 3.8) is 0 Å². The van der Waals surface area contributed by atoms with Crippen LogP contribution in [-0.2, 0) is 20.2 Å². The van der Waals surface area contributed by atoms with E-state index in [1.54, 1.807) is 30.3 Å². The van der Waals surface area contributed by atoms with Crippen molar-refractivity contribution in [2.24, 2.45) is 5.92 Å². The van der Waals surface area contributed by atoms with Crippen LogP contribution >= 0.6 is 11.6 Å². The van der Waals surface area contributed by atoms with Gasteiger partial charge in [-0.2, -0.15) is 4.31 Å². The Morgan fingerprint density at radius 3 is 2.24 bits per heavy atom. The second-order valence-corrected chi connectivity index (χ2v) is 10.4. The number of amides is 1. The molecule has 29 heavy (non-hydrogen) atoms. The molecule has 0 spiro atoms. The number of carbonyl (C=O) groups is 1. The van der Waals surface area contributed by atoms with Crippen molar-refractivity contribution in [3.8, 4) is 0 Å². The standard InChI is InChI=1S/C22H25ClN2O3S/c23-19-8-6-18(7-9-19)22(12-13-22)16-24-21(26)17-10-14-25(15-11-17)29(27,28)20-4-2-1-3-5-20/h1-9,17H,10-16H2,(H,24,26). The molecule has 2 aliphatic rings. The van der Waals surface area contributed by atoms with Gasteiger partial charge >= 0.3 is 0 Å². The maximum absolute atomic E-state index is 12.7. The molecular weight excluding hydrogens is 408 g/mol. The first-order valence-electron chi connectivity index (χ1n) is 10.00. The van der Waals surface area contributed by atoms with E-state index in [1.165, 1.54) is 9.87 Å². The van der Waals surface area contributed by atoms with Gasteiger partial charge < -0.3 is 5.32 Å². The van der Waals surface area contributed by atoms with E-state index in [2.05, 4.69) is 5.32 Å². The van der Waals surface area contributed by atoms with Crippen LogP contribution in [0.2, 0.25) is 5.02 Å². The fraction of sp³-hybridized carbons (Fsp3) is 0.409. The Balaban J connectivity index is 1.31. The molecule has 5 nitrogen and oxygen atoms in total. The molecule has 2 aromatic rings. The number of hydrogen-bond donors (Lipinski definition) is 1. The summed E-state index contributed by atoms with van der Waals surface area (Å²) in [4.78, 5) is 13.0. The van der Waals surface area contributed by atoms with Gasteiger partial charge in [0.05, 0.1) is 4.90 Å². The van der Waals surface area contributed by atoms with E-state index in [-0.39, 0.29) is 17.2 Å². The highest BCUT2D eigenvalue weighted by molar-refractivity contribution is 7.89. The van der Waals surface area contributed by atoms with Crippen LogP contribution in [-0.4, -0.2) is 38.3 Å². The zero-order valence-electron chi connectivity index (χ0n) is 16.2. The Morgan fingerprint density at radius 1 is 1.03 bits per heavy atom. The van der Waals surface area contributed by atoms with Gasteiger partial charge in [-0.1, -0.05) is 41.9 Å². The summed E-state index contributed by atoms with van der Waals surface area (Å²) in [6, 6.07) is 16.3. The summed E-state index contributed by atoms with van der Waals surface area (Å²) in [5, 5.41) is 3.83. The summed E-state index contributed by atoms with van der Waals surface area (Å²) in [7, 11) is -3.49. The van der Waals surface area contributed by atoms with Crippen LogP contribution in [0.15, 0.2) is 59.5 Å². The summed E-state index contributed by atoms with van der Waals surface area (Å²) in [6.07, 6.45) is 3.21. The minimum absolute atomic E-state index is 0.0254. The molecule has 2 aromatic carbocycles. The van der Waals surface area contributed by atoms with Gasteiger partial charge in [-0.05, 0) is 55.5 Å². The number of nitrogens with zero attached hydrogens (tertiary/aromatic N) is 1. The molecule has 1 aliphatic carbocycles. The molecule has 0 aromatic heterocycles. The SMILES string of the molecule is O=C(NCC1(c2ccc(Cl)cc2)CC1)C1CCN(S(=O)(=O)c2ccccc2)CC1. The highest BCUT2D eigenvalue weighted by atomic mass is 35.5. The van der Waals surface area contributed by atoms with Crippen LogP contribution in [0.3, 0.4) is 0 Å². The molecule has 154 valence electrons. The number of sulfonamides is 1. The Morgan fingerprint density at radius 2 is 1.66 bits per heavy atom. The lowest BCUT2D eigenvalue weighted by atomic mass is 9.94. The first-order chi connectivity index (χ1) is 13.9. The topological polar surface area (TPSA) is 66.5 Å².